The number of ether oxygens (including phenoxy) is 1. The number of likely N-dealkylation sites (tertiary alicyclic amines) is 1. The van der Waals surface area contributed by atoms with Gasteiger partial charge in [-0.2, -0.15) is 0 Å². The molecule has 1 saturated carbocycles. The van der Waals surface area contributed by atoms with Crippen molar-refractivity contribution in [3.05, 3.63) is 35.9 Å². The van der Waals surface area contributed by atoms with Gasteiger partial charge in [-0.3, -0.25) is 9.59 Å². The zero-order valence-corrected chi connectivity index (χ0v) is 12.4. The Balaban J connectivity index is 1.86. The van der Waals surface area contributed by atoms with E-state index in [1.165, 1.54) is 7.11 Å². The van der Waals surface area contributed by atoms with E-state index >= 15 is 0 Å². The molecule has 1 aromatic rings. The molecular formula is C17H21NO3. The fraction of sp³-hybridized carbons (Fsp3) is 0.529. The van der Waals surface area contributed by atoms with Crippen molar-refractivity contribution in [1.82, 2.24) is 4.90 Å². The fourth-order valence-electron chi connectivity index (χ4n) is 3.46. The molecule has 3 rings (SSSR count). The molecule has 2 atom stereocenters. The lowest BCUT2D eigenvalue weighted by atomic mass is 9.96. The van der Waals surface area contributed by atoms with Gasteiger partial charge in [0, 0.05) is 19.0 Å². The van der Waals surface area contributed by atoms with E-state index in [1.807, 2.05) is 35.2 Å². The number of rotatable bonds is 3. The largest absolute Gasteiger partial charge is 0.468 e. The van der Waals surface area contributed by atoms with E-state index in [0.717, 1.165) is 37.9 Å². The van der Waals surface area contributed by atoms with Gasteiger partial charge < -0.3 is 9.64 Å². The number of nitrogens with zero attached hydrogens (tertiary/aromatic N) is 1. The van der Waals surface area contributed by atoms with Crippen molar-refractivity contribution in [3.63, 3.8) is 0 Å². The molecule has 0 unspecified atom stereocenters. The Morgan fingerprint density at radius 1 is 1.14 bits per heavy atom. The average Bonchev–Trinajstić information content (AvgIpc) is 3.32. The summed E-state index contributed by atoms with van der Waals surface area (Å²) in [6.45, 7) is 1.53. The molecule has 1 amide bonds. The van der Waals surface area contributed by atoms with E-state index in [0.29, 0.717) is 6.42 Å². The number of hydrogen-bond donors (Lipinski definition) is 0. The molecule has 4 nitrogen and oxygen atoms in total. The summed E-state index contributed by atoms with van der Waals surface area (Å²) in [6.07, 6.45) is 3.79. The van der Waals surface area contributed by atoms with Crippen LogP contribution in [0.4, 0.5) is 0 Å². The van der Waals surface area contributed by atoms with Crippen LogP contribution in [0.15, 0.2) is 30.3 Å². The number of esters is 1. The standard InChI is InChI=1S/C17H21NO3/c1-21-16(20)17(15(19)18-10-6-3-7-11-18)12-14(17)13-8-4-2-5-9-13/h2,4-5,8-9,14H,3,6-7,10-12H2,1H3/t14-,17-/m1/s1. The fourth-order valence-corrected chi connectivity index (χ4v) is 3.46. The summed E-state index contributed by atoms with van der Waals surface area (Å²) in [6, 6.07) is 9.80. The highest BCUT2D eigenvalue weighted by Gasteiger charge is 2.68. The first kappa shape index (κ1) is 14.1. The van der Waals surface area contributed by atoms with Crippen LogP contribution in [-0.4, -0.2) is 37.0 Å². The molecule has 1 aliphatic heterocycles. The Hall–Kier alpha value is -1.84. The minimum absolute atomic E-state index is 0.0390. The number of piperidine rings is 1. The van der Waals surface area contributed by atoms with Crippen LogP contribution in [-0.2, 0) is 14.3 Å². The zero-order valence-electron chi connectivity index (χ0n) is 12.4. The third-order valence-corrected chi connectivity index (χ3v) is 4.74. The molecule has 0 bridgehead atoms. The number of carbonyl (C=O) groups excluding carboxylic acids is 2. The van der Waals surface area contributed by atoms with Gasteiger partial charge in [-0.1, -0.05) is 30.3 Å². The van der Waals surface area contributed by atoms with Crippen molar-refractivity contribution < 1.29 is 14.3 Å². The van der Waals surface area contributed by atoms with Crippen LogP contribution in [0.2, 0.25) is 0 Å². The van der Waals surface area contributed by atoms with Crippen LogP contribution < -0.4 is 0 Å². The van der Waals surface area contributed by atoms with Gasteiger partial charge in [-0.15, -0.1) is 0 Å². The van der Waals surface area contributed by atoms with Gasteiger partial charge in [-0.25, -0.2) is 0 Å². The van der Waals surface area contributed by atoms with E-state index in [-0.39, 0.29) is 17.8 Å². The van der Waals surface area contributed by atoms with Gasteiger partial charge in [0.2, 0.25) is 5.91 Å². The molecular weight excluding hydrogens is 266 g/mol. The second-order valence-corrected chi connectivity index (χ2v) is 5.98. The molecule has 2 aliphatic rings. The average molecular weight is 287 g/mol. The second kappa shape index (κ2) is 5.51. The van der Waals surface area contributed by atoms with Crippen LogP contribution in [0.1, 0.15) is 37.2 Å². The predicted octanol–water partition coefficient (Wildman–Crippen LogP) is 2.35. The summed E-state index contributed by atoms with van der Waals surface area (Å²) in [5.74, 6) is -0.463. The molecule has 1 aliphatic carbocycles. The molecule has 1 heterocycles. The van der Waals surface area contributed by atoms with Gasteiger partial charge in [0.1, 0.15) is 0 Å². The Kier molecular flexibility index (Phi) is 3.70. The highest BCUT2D eigenvalue weighted by molar-refractivity contribution is 6.07. The Morgan fingerprint density at radius 2 is 1.81 bits per heavy atom. The zero-order chi connectivity index (χ0) is 14.9. The first-order valence-electron chi connectivity index (χ1n) is 7.63. The molecule has 4 heteroatoms. The van der Waals surface area contributed by atoms with Gasteiger partial charge in [-0.05, 0) is 31.2 Å². The minimum Gasteiger partial charge on any atom is -0.468 e. The number of methoxy groups -OCH3 is 1. The molecule has 2 fully saturated rings. The lowest BCUT2D eigenvalue weighted by Crippen LogP contribution is -2.44. The maximum Gasteiger partial charge on any atom is 0.322 e. The third-order valence-electron chi connectivity index (χ3n) is 4.74. The second-order valence-electron chi connectivity index (χ2n) is 5.98. The van der Waals surface area contributed by atoms with E-state index in [9.17, 15) is 9.59 Å². The molecule has 0 aromatic heterocycles. The maximum atomic E-state index is 12.9. The summed E-state index contributed by atoms with van der Waals surface area (Å²) in [5, 5.41) is 0. The first-order valence-corrected chi connectivity index (χ1v) is 7.63. The van der Waals surface area contributed by atoms with Crippen LogP contribution in [0.3, 0.4) is 0 Å². The summed E-state index contributed by atoms with van der Waals surface area (Å²) in [4.78, 5) is 27.0. The molecule has 0 radical (unpaired) electrons. The molecule has 112 valence electrons. The third kappa shape index (κ3) is 2.33. The van der Waals surface area contributed by atoms with Gasteiger partial charge in [0.25, 0.3) is 0 Å². The highest BCUT2D eigenvalue weighted by Crippen LogP contribution is 2.61. The number of amides is 1. The van der Waals surface area contributed by atoms with Crippen molar-refractivity contribution in [1.29, 1.82) is 0 Å². The van der Waals surface area contributed by atoms with Crippen molar-refractivity contribution in [3.8, 4) is 0 Å². The van der Waals surface area contributed by atoms with Crippen LogP contribution in [0.5, 0.6) is 0 Å². The van der Waals surface area contributed by atoms with Gasteiger partial charge in [0.15, 0.2) is 5.41 Å². The molecule has 1 saturated heterocycles. The first-order chi connectivity index (χ1) is 10.2. The normalized spacial score (nSPS) is 28.0. The van der Waals surface area contributed by atoms with E-state index in [2.05, 4.69) is 0 Å². The summed E-state index contributed by atoms with van der Waals surface area (Å²) < 4.78 is 4.95. The minimum atomic E-state index is -0.979. The van der Waals surface area contributed by atoms with Crippen molar-refractivity contribution in [2.75, 3.05) is 20.2 Å². The van der Waals surface area contributed by atoms with Gasteiger partial charge >= 0.3 is 5.97 Å². The van der Waals surface area contributed by atoms with Crippen LogP contribution in [0.25, 0.3) is 0 Å². The molecule has 1 aromatic carbocycles. The van der Waals surface area contributed by atoms with Crippen LogP contribution >= 0.6 is 0 Å². The quantitative estimate of drug-likeness (QED) is 0.633. The van der Waals surface area contributed by atoms with E-state index in [1.54, 1.807) is 0 Å². The Labute approximate surface area is 125 Å². The topological polar surface area (TPSA) is 46.6 Å². The summed E-state index contributed by atoms with van der Waals surface area (Å²) >= 11 is 0. The van der Waals surface area contributed by atoms with Crippen molar-refractivity contribution >= 4 is 11.9 Å². The van der Waals surface area contributed by atoms with E-state index < -0.39 is 5.41 Å². The van der Waals surface area contributed by atoms with Crippen molar-refractivity contribution in [2.24, 2.45) is 5.41 Å². The number of hydrogen-bond acceptors (Lipinski definition) is 3. The number of carbonyl (C=O) groups is 2. The molecule has 21 heavy (non-hydrogen) atoms. The smallest absolute Gasteiger partial charge is 0.322 e. The lowest BCUT2D eigenvalue weighted by Gasteiger charge is -2.30. The molecule has 0 N–H and O–H groups in total. The lowest BCUT2D eigenvalue weighted by molar-refractivity contribution is -0.156. The van der Waals surface area contributed by atoms with Gasteiger partial charge in [0.05, 0.1) is 7.11 Å². The predicted molar refractivity (Wildman–Crippen MR) is 78.7 cm³/mol. The SMILES string of the molecule is COC(=O)[C@]1(C(=O)N2CCCCC2)C[C@@H]1c1ccccc1. The van der Waals surface area contributed by atoms with Crippen molar-refractivity contribution in [2.45, 2.75) is 31.6 Å². The summed E-state index contributed by atoms with van der Waals surface area (Å²) in [5.41, 5.74) is 0.0706. The maximum absolute atomic E-state index is 12.9. The Bertz CT molecular complexity index is 536. The number of benzene rings is 1. The summed E-state index contributed by atoms with van der Waals surface area (Å²) in [7, 11) is 1.37. The highest BCUT2D eigenvalue weighted by atomic mass is 16.5. The van der Waals surface area contributed by atoms with Crippen LogP contribution in [0, 0.1) is 5.41 Å². The molecule has 0 spiro atoms. The van der Waals surface area contributed by atoms with E-state index in [4.69, 9.17) is 4.74 Å². The Morgan fingerprint density at radius 3 is 2.43 bits per heavy atom. The monoisotopic (exact) mass is 287 g/mol.